The van der Waals surface area contributed by atoms with Crippen LogP contribution in [-0.4, -0.2) is 57.9 Å². The summed E-state index contributed by atoms with van der Waals surface area (Å²) in [5.74, 6) is 0.619. The highest BCUT2D eigenvalue weighted by molar-refractivity contribution is 6.05. The maximum absolute atomic E-state index is 13.0. The van der Waals surface area contributed by atoms with Gasteiger partial charge in [-0.1, -0.05) is 42.5 Å². The van der Waals surface area contributed by atoms with Crippen molar-refractivity contribution >= 4 is 29.4 Å². The molecule has 0 bridgehead atoms. The number of nitrogens with one attached hydrogen (secondary N) is 3. The van der Waals surface area contributed by atoms with Gasteiger partial charge in [0.15, 0.2) is 5.75 Å². The minimum atomic E-state index is -0.651. The van der Waals surface area contributed by atoms with Crippen molar-refractivity contribution in [2.75, 3.05) is 18.9 Å². The molecule has 4 aromatic rings. The summed E-state index contributed by atoms with van der Waals surface area (Å²) in [6, 6.07) is 21.5. The zero-order valence-electron chi connectivity index (χ0n) is 27.0. The second kappa shape index (κ2) is 15.0. The third kappa shape index (κ3) is 8.03. The second-order valence-electron chi connectivity index (χ2n) is 12.2. The van der Waals surface area contributed by atoms with Crippen molar-refractivity contribution in [3.63, 3.8) is 0 Å². The van der Waals surface area contributed by atoms with Crippen molar-refractivity contribution in [1.82, 2.24) is 20.5 Å². The molecule has 0 aliphatic carbocycles. The Morgan fingerprint density at radius 1 is 0.939 bits per heavy atom. The van der Waals surface area contributed by atoms with Gasteiger partial charge in [-0.05, 0) is 60.2 Å². The Kier molecular flexibility index (Phi) is 10.1. The number of piperidine rings is 1. The number of ether oxygens (including phenoxy) is 2. The molecule has 1 aromatic heterocycles. The number of H-pyrrole nitrogens is 1. The SMILES string of the molecule is Nc1[nH]c(-c2ccccc2O)cc1OCCc1ccc(CNC(=O)CCCCOc2ccc3c(c2)C(=O)N(C2CCC(=O)NC2=O)C3)cc1. The molecule has 4 amide bonds. The van der Waals surface area contributed by atoms with Gasteiger partial charge in [0.25, 0.3) is 5.91 Å². The van der Waals surface area contributed by atoms with Crippen LogP contribution in [0.15, 0.2) is 72.8 Å². The van der Waals surface area contributed by atoms with E-state index in [-0.39, 0.29) is 29.9 Å². The van der Waals surface area contributed by atoms with E-state index in [4.69, 9.17) is 15.2 Å². The van der Waals surface area contributed by atoms with Crippen molar-refractivity contribution in [3.05, 3.63) is 95.1 Å². The van der Waals surface area contributed by atoms with Gasteiger partial charge in [-0.15, -0.1) is 0 Å². The summed E-state index contributed by atoms with van der Waals surface area (Å²) in [5, 5.41) is 15.4. The number of nitrogen functional groups attached to an aromatic ring is 1. The summed E-state index contributed by atoms with van der Waals surface area (Å²) < 4.78 is 11.7. The molecule has 49 heavy (non-hydrogen) atoms. The van der Waals surface area contributed by atoms with Crippen LogP contribution in [0.2, 0.25) is 0 Å². The monoisotopic (exact) mass is 665 g/mol. The lowest BCUT2D eigenvalue weighted by Crippen LogP contribution is -2.52. The number of carbonyl (C=O) groups excluding carboxylic acids is 4. The van der Waals surface area contributed by atoms with Gasteiger partial charge in [0.1, 0.15) is 23.4 Å². The van der Waals surface area contributed by atoms with E-state index in [1.165, 1.54) is 4.90 Å². The molecule has 0 radical (unpaired) electrons. The van der Waals surface area contributed by atoms with E-state index in [0.717, 1.165) is 16.7 Å². The number of aromatic hydroxyl groups is 1. The topological polar surface area (TPSA) is 176 Å². The van der Waals surface area contributed by atoms with E-state index in [0.29, 0.717) is 92.5 Å². The predicted octanol–water partition coefficient (Wildman–Crippen LogP) is 4.22. The number of anilines is 1. The van der Waals surface area contributed by atoms with Gasteiger partial charge in [-0.25, -0.2) is 0 Å². The highest BCUT2D eigenvalue weighted by atomic mass is 16.5. The summed E-state index contributed by atoms with van der Waals surface area (Å²) in [6.45, 7) is 1.58. The maximum Gasteiger partial charge on any atom is 0.255 e. The Morgan fingerprint density at radius 2 is 1.73 bits per heavy atom. The van der Waals surface area contributed by atoms with Crippen LogP contribution in [0.1, 0.15) is 59.2 Å². The molecule has 1 unspecified atom stereocenters. The summed E-state index contributed by atoms with van der Waals surface area (Å²) in [6.07, 6.45) is 2.90. The minimum Gasteiger partial charge on any atom is -0.507 e. The third-order valence-corrected chi connectivity index (χ3v) is 8.73. The molecule has 1 saturated heterocycles. The molecular formula is C37H39N5O7. The Labute approximate surface area is 283 Å². The van der Waals surface area contributed by atoms with Gasteiger partial charge in [0, 0.05) is 49.5 Å². The molecule has 254 valence electrons. The Bertz CT molecular complexity index is 1850. The fourth-order valence-electron chi connectivity index (χ4n) is 6.01. The number of benzene rings is 3. The number of imide groups is 1. The first kappa shape index (κ1) is 33.1. The molecule has 2 aliphatic heterocycles. The van der Waals surface area contributed by atoms with E-state index in [2.05, 4.69) is 15.6 Å². The lowest BCUT2D eigenvalue weighted by molar-refractivity contribution is -0.137. The molecule has 0 saturated carbocycles. The summed E-state index contributed by atoms with van der Waals surface area (Å²) in [4.78, 5) is 53.7. The zero-order chi connectivity index (χ0) is 34.3. The number of fused-ring (bicyclic) bond motifs is 1. The number of aromatic nitrogens is 1. The molecule has 1 fully saturated rings. The number of unbranched alkanes of at least 4 members (excludes halogenated alkanes) is 1. The van der Waals surface area contributed by atoms with Crippen LogP contribution in [0.5, 0.6) is 17.2 Å². The van der Waals surface area contributed by atoms with Crippen LogP contribution in [-0.2, 0) is 33.9 Å². The van der Waals surface area contributed by atoms with Crippen molar-refractivity contribution in [2.24, 2.45) is 0 Å². The summed E-state index contributed by atoms with van der Waals surface area (Å²) in [7, 11) is 0. The molecule has 3 heterocycles. The number of hydrogen-bond donors (Lipinski definition) is 5. The van der Waals surface area contributed by atoms with Gasteiger partial charge < -0.3 is 35.5 Å². The number of aromatic amines is 1. The van der Waals surface area contributed by atoms with Crippen molar-refractivity contribution in [2.45, 2.75) is 57.7 Å². The highest BCUT2D eigenvalue weighted by Crippen LogP contribution is 2.34. The largest absolute Gasteiger partial charge is 0.507 e. The van der Waals surface area contributed by atoms with Crippen LogP contribution in [0.25, 0.3) is 11.3 Å². The molecule has 1 atom stereocenters. The predicted molar refractivity (Wildman–Crippen MR) is 182 cm³/mol. The fraction of sp³-hybridized carbons (Fsp3) is 0.297. The molecule has 2 aliphatic rings. The van der Waals surface area contributed by atoms with Crippen LogP contribution in [0.4, 0.5) is 5.82 Å². The van der Waals surface area contributed by atoms with E-state index in [1.807, 2.05) is 36.4 Å². The van der Waals surface area contributed by atoms with Crippen molar-refractivity contribution < 1.29 is 33.8 Å². The Hall–Kier alpha value is -5.78. The Morgan fingerprint density at radius 3 is 2.53 bits per heavy atom. The molecule has 12 heteroatoms. The van der Waals surface area contributed by atoms with Gasteiger partial charge >= 0.3 is 0 Å². The summed E-state index contributed by atoms with van der Waals surface area (Å²) in [5.41, 5.74) is 10.8. The average molecular weight is 666 g/mol. The minimum absolute atomic E-state index is 0.0403. The Balaban J connectivity index is 0.864. The quantitative estimate of drug-likeness (QED) is 0.0983. The number of nitrogens with two attached hydrogens (primary N) is 1. The smallest absolute Gasteiger partial charge is 0.255 e. The first-order chi connectivity index (χ1) is 23.7. The van der Waals surface area contributed by atoms with Crippen molar-refractivity contribution in [3.8, 4) is 28.5 Å². The van der Waals surface area contributed by atoms with Crippen LogP contribution in [0.3, 0.4) is 0 Å². The van der Waals surface area contributed by atoms with E-state index in [9.17, 15) is 24.3 Å². The van der Waals surface area contributed by atoms with Gasteiger partial charge in [-0.2, -0.15) is 0 Å². The normalized spacial score (nSPS) is 15.6. The van der Waals surface area contributed by atoms with E-state index < -0.39 is 11.9 Å². The molecule has 3 aromatic carbocycles. The number of para-hydroxylation sites is 1. The average Bonchev–Trinajstić information content (AvgIpc) is 3.62. The van der Waals surface area contributed by atoms with Gasteiger partial charge in [0.05, 0.1) is 18.9 Å². The molecule has 6 rings (SSSR count). The number of carbonyl (C=O) groups is 4. The van der Waals surface area contributed by atoms with E-state index >= 15 is 0 Å². The van der Waals surface area contributed by atoms with Gasteiger partial charge in [-0.3, -0.25) is 24.5 Å². The summed E-state index contributed by atoms with van der Waals surface area (Å²) >= 11 is 0. The molecule has 12 nitrogen and oxygen atoms in total. The number of phenolic OH excluding ortho intramolecular Hbond substituents is 1. The van der Waals surface area contributed by atoms with Crippen LogP contribution < -0.4 is 25.8 Å². The number of amides is 4. The number of phenols is 1. The number of hydrogen-bond acceptors (Lipinski definition) is 8. The zero-order valence-corrected chi connectivity index (χ0v) is 27.0. The third-order valence-electron chi connectivity index (χ3n) is 8.73. The number of rotatable bonds is 14. The molecule has 6 N–H and O–H groups in total. The molecular weight excluding hydrogens is 626 g/mol. The maximum atomic E-state index is 13.0. The lowest BCUT2D eigenvalue weighted by Gasteiger charge is -2.29. The van der Waals surface area contributed by atoms with Crippen LogP contribution >= 0.6 is 0 Å². The van der Waals surface area contributed by atoms with Crippen molar-refractivity contribution in [1.29, 1.82) is 0 Å². The lowest BCUT2D eigenvalue weighted by atomic mass is 10.0. The standard InChI is InChI=1S/C37H39N5O7/c38-35-32(20-29(40-35)27-5-1-2-6-31(27)43)49-18-16-23-8-10-24(11-9-23)21-39-33(44)7-3-4-17-48-26-13-12-25-22-42(37(47)28(25)19-26)30-14-15-34(45)41-36(30)46/h1-2,5-6,8-13,19-20,30,40,43H,3-4,7,14-18,21-22,38H2,(H,39,44)(H,41,45,46). The number of nitrogens with zero attached hydrogens (tertiary/aromatic N) is 1. The van der Waals surface area contributed by atoms with Gasteiger partial charge in [0.2, 0.25) is 17.7 Å². The second-order valence-corrected chi connectivity index (χ2v) is 12.2. The first-order valence-corrected chi connectivity index (χ1v) is 16.4. The fourth-order valence-corrected chi connectivity index (χ4v) is 6.01. The van der Waals surface area contributed by atoms with Crippen LogP contribution in [0, 0.1) is 0 Å². The van der Waals surface area contributed by atoms with E-state index in [1.54, 1.807) is 36.4 Å². The first-order valence-electron chi connectivity index (χ1n) is 16.4. The molecule has 0 spiro atoms. The highest BCUT2D eigenvalue weighted by Gasteiger charge is 2.39.